The lowest BCUT2D eigenvalue weighted by Gasteiger charge is -2.16. The van der Waals surface area contributed by atoms with E-state index in [0.29, 0.717) is 19.6 Å². The summed E-state index contributed by atoms with van der Waals surface area (Å²) in [5.74, 6) is -0.365. The molecule has 0 aromatic heterocycles. The predicted molar refractivity (Wildman–Crippen MR) is 81.4 cm³/mol. The Hall–Kier alpha value is -1.06. The number of ether oxygens (including phenoxy) is 1. The van der Waals surface area contributed by atoms with Crippen LogP contribution in [-0.4, -0.2) is 36.5 Å². The Kier molecular flexibility index (Phi) is 11.1. The summed E-state index contributed by atoms with van der Waals surface area (Å²) in [7, 11) is 0. The van der Waals surface area contributed by atoms with Crippen molar-refractivity contribution in [3.63, 3.8) is 0 Å². The average Bonchev–Trinajstić information content (AvgIpc) is 2.83. The monoisotopic (exact) mass is 285 g/mol. The first-order valence-electron chi connectivity index (χ1n) is 8.13. The van der Waals surface area contributed by atoms with E-state index in [2.05, 4.69) is 6.92 Å². The normalized spacial score (nSPS) is 17.7. The molecule has 1 aliphatic heterocycles. The van der Waals surface area contributed by atoms with E-state index in [4.69, 9.17) is 4.74 Å². The van der Waals surface area contributed by atoms with Crippen molar-refractivity contribution in [2.24, 2.45) is 5.92 Å². The van der Waals surface area contributed by atoms with Gasteiger partial charge in [-0.05, 0) is 13.3 Å². The molecule has 1 aliphatic rings. The van der Waals surface area contributed by atoms with Crippen LogP contribution < -0.4 is 0 Å². The van der Waals surface area contributed by atoms with Crippen molar-refractivity contribution in [3.8, 4) is 0 Å². The number of amides is 1. The molecule has 4 heteroatoms. The highest BCUT2D eigenvalue weighted by Gasteiger charge is 2.34. The molecule has 0 spiro atoms. The van der Waals surface area contributed by atoms with Crippen molar-refractivity contribution >= 4 is 11.9 Å². The highest BCUT2D eigenvalue weighted by atomic mass is 16.5. The summed E-state index contributed by atoms with van der Waals surface area (Å²) in [5, 5.41) is 0. The minimum atomic E-state index is -0.243. The molecule has 20 heavy (non-hydrogen) atoms. The van der Waals surface area contributed by atoms with Gasteiger partial charge in [-0.2, -0.15) is 0 Å². The van der Waals surface area contributed by atoms with Gasteiger partial charge in [-0.1, -0.05) is 46.5 Å². The van der Waals surface area contributed by atoms with Crippen molar-refractivity contribution in [1.29, 1.82) is 0 Å². The van der Waals surface area contributed by atoms with Gasteiger partial charge in [-0.15, -0.1) is 0 Å². The molecule has 1 rings (SSSR count). The second-order valence-corrected chi connectivity index (χ2v) is 4.91. The van der Waals surface area contributed by atoms with Crippen LogP contribution in [0.2, 0.25) is 0 Å². The van der Waals surface area contributed by atoms with Gasteiger partial charge in [-0.3, -0.25) is 9.59 Å². The Labute approximate surface area is 123 Å². The molecule has 1 amide bonds. The van der Waals surface area contributed by atoms with Crippen LogP contribution in [0, 0.1) is 5.92 Å². The van der Waals surface area contributed by atoms with Crippen molar-refractivity contribution in [3.05, 3.63) is 0 Å². The quantitative estimate of drug-likeness (QED) is 0.507. The number of hydrogen-bond acceptors (Lipinski definition) is 3. The van der Waals surface area contributed by atoms with Crippen LogP contribution in [0.4, 0.5) is 0 Å². The molecule has 4 nitrogen and oxygen atoms in total. The maximum Gasteiger partial charge on any atom is 0.311 e. The first kappa shape index (κ1) is 18.9. The lowest BCUT2D eigenvalue weighted by molar-refractivity contribution is -0.147. The number of rotatable bonds is 8. The molecule has 1 fully saturated rings. The van der Waals surface area contributed by atoms with Crippen molar-refractivity contribution in [2.75, 3.05) is 19.7 Å². The van der Waals surface area contributed by atoms with Gasteiger partial charge in [0.15, 0.2) is 0 Å². The van der Waals surface area contributed by atoms with Gasteiger partial charge in [-0.25, -0.2) is 0 Å². The van der Waals surface area contributed by atoms with Crippen molar-refractivity contribution in [2.45, 2.75) is 66.2 Å². The largest absolute Gasteiger partial charge is 0.466 e. The molecular weight excluding hydrogens is 254 g/mol. The topological polar surface area (TPSA) is 46.6 Å². The Morgan fingerprint density at radius 3 is 2.45 bits per heavy atom. The smallest absolute Gasteiger partial charge is 0.311 e. The Morgan fingerprint density at radius 1 is 1.20 bits per heavy atom. The molecule has 1 saturated heterocycles. The SMILES string of the molecule is CC.CCCCCCCN1CC(C(=O)OCC)CC1=O. The Bertz CT molecular complexity index is 279. The van der Waals surface area contributed by atoms with Crippen LogP contribution in [0.5, 0.6) is 0 Å². The standard InChI is InChI=1S/C14H25NO3.C2H6/c1-3-5-6-7-8-9-15-11-12(10-13(15)16)14(17)18-4-2;1-2/h12H,3-11H2,1-2H3;1-2H3. The fourth-order valence-corrected chi connectivity index (χ4v) is 2.31. The van der Waals surface area contributed by atoms with Crippen molar-refractivity contribution in [1.82, 2.24) is 4.90 Å². The highest BCUT2D eigenvalue weighted by Crippen LogP contribution is 2.19. The van der Waals surface area contributed by atoms with Crippen LogP contribution in [-0.2, 0) is 14.3 Å². The van der Waals surface area contributed by atoms with Gasteiger partial charge in [0, 0.05) is 19.5 Å². The van der Waals surface area contributed by atoms with Crippen LogP contribution in [0.15, 0.2) is 0 Å². The molecule has 0 radical (unpaired) electrons. The number of unbranched alkanes of at least 4 members (excludes halogenated alkanes) is 4. The van der Waals surface area contributed by atoms with Crippen molar-refractivity contribution < 1.29 is 14.3 Å². The minimum Gasteiger partial charge on any atom is -0.466 e. The molecule has 1 unspecified atom stereocenters. The summed E-state index contributed by atoms with van der Waals surface area (Å²) in [6.45, 7) is 9.71. The molecule has 0 aromatic rings. The molecule has 0 bridgehead atoms. The van der Waals surface area contributed by atoms with E-state index >= 15 is 0 Å². The zero-order valence-corrected chi connectivity index (χ0v) is 13.6. The lowest BCUT2D eigenvalue weighted by Crippen LogP contribution is -2.27. The summed E-state index contributed by atoms with van der Waals surface area (Å²) in [6.07, 6.45) is 6.27. The first-order valence-corrected chi connectivity index (χ1v) is 8.13. The third-order valence-electron chi connectivity index (χ3n) is 3.37. The van der Waals surface area contributed by atoms with E-state index in [9.17, 15) is 9.59 Å². The maximum atomic E-state index is 11.7. The minimum absolute atomic E-state index is 0.101. The summed E-state index contributed by atoms with van der Waals surface area (Å²) in [5.41, 5.74) is 0. The average molecular weight is 285 g/mol. The number of carbonyl (C=O) groups is 2. The maximum absolute atomic E-state index is 11.7. The van der Waals surface area contributed by atoms with E-state index in [0.717, 1.165) is 13.0 Å². The van der Waals surface area contributed by atoms with E-state index in [1.165, 1.54) is 25.7 Å². The fourth-order valence-electron chi connectivity index (χ4n) is 2.31. The van der Waals surface area contributed by atoms with Crippen LogP contribution in [0.25, 0.3) is 0 Å². The Balaban J connectivity index is 0.00000172. The van der Waals surface area contributed by atoms with Gasteiger partial charge in [0.2, 0.25) is 5.91 Å². The fraction of sp³-hybridized carbons (Fsp3) is 0.875. The molecule has 118 valence electrons. The summed E-state index contributed by atoms with van der Waals surface area (Å²) >= 11 is 0. The summed E-state index contributed by atoms with van der Waals surface area (Å²) < 4.78 is 4.96. The summed E-state index contributed by atoms with van der Waals surface area (Å²) in [6, 6.07) is 0. The molecular formula is C16H31NO3. The van der Waals surface area contributed by atoms with Gasteiger partial charge in [0.25, 0.3) is 0 Å². The zero-order chi connectivity index (χ0) is 15.4. The molecule has 1 atom stereocenters. The van der Waals surface area contributed by atoms with Gasteiger partial charge in [0.1, 0.15) is 0 Å². The van der Waals surface area contributed by atoms with Gasteiger partial charge >= 0.3 is 5.97 Å². The van der Waals surface area contributed by atoms with E-state index in [1.54, 1.807) is 6.92 Å². The third kappa shape index (κ3) is 6.92. The third-order valence-corrected chi connectivity index (χ3v) is 3.37. The number of nitrogens with zero attached hydrogens (tertiary/aromatic N) is 1. The molecule has 0 aromatic carbocycles. The van der Waals surface area contributed by atoms with E-state index in [1.807, 2.05) is 18.7 Å². The van der Waals surface area contributed by atoms with Crippen LogP contribution >= 0.6 is 0 Å². The number of carbonyl (C=O) groups excluding carboxylic acids is 2. The second-order valence-electron chi connectivity index (χ2n) is 4.91. The number of esters is 1. The molecule has 0 saturated carbocycles. The second kappa shape index (κ2) is 11.7. The first-order chi connectivity index (χ1) is 9.69. The molecule has 0 N–H and O–H groups in total. The summed E-state index contributed by atoms with van der Waals surface area (Å²) in [4.78, 5) is 25.1. The van der Waals surface area contributed by atoms with E-state index < -0.39 is 0 Å². The van der Waals surface area contributed by atoms with E-state index in [-0.39, 0.29) is 17.8 Å². The molecule has 0 aliphatic carbocycles. The Morgan fingerprint density at radius 2 is 1.85 bits per heavy atom. The zero-order valence-electron chi connectivity index (χ0n) is 13.6. The molecule has 1 heterocycles. The van der Waals surface area contributed by atoms with Crippen LogP contribution in [0.1, 0.15) is 66.2 Å². The predicted octanol–water partition coefficient (Wildman–Crippen LogP) is 3.39. The van der Waals surface area contributed by atoms with Gasteiger partial charge in [0.05, 0.1) is 12.5 Å². The number of hydrogen-bond donors (Lipinski definition) is 0. The highest BCUT2D eigenvalue weighted by molar-refractivity contribution is 5.86. The number of likely N-dealkylation sites (tertiary alicyclic amines) is 1. The van der Waals surface area contributed by atoms with Crippen LogP contribution in [0.3, 0.4) is 0 Å². The lowest BCUT2D eigenvalue weighted by atomic mass is 10.1. The van der Waals surface area contributed by atoms with Gasteiger partial charge < -0.3 is 9.64 Å².